The van der Waals surface area contributed by atoms with Gasteiger partial charge < -0.3 is 15.4 Å². The topological polar surface area (TPSA) is 76.1 Å². The Kier molecular flexibility index (Phi) is 6.67. The zero-order chi connectivity index (χ0) is 19.1. The van der Waals surface area contributed by atoms with E-state index in [2.05, 4.69) is 39.9 Å². The van der Waals surface area contributed by atoms with Crippen LogP contribution in [0.4, 0.5) is 16.5 Å². The van der Waals surface area contributed by atoms with Crippen LogP contribution >= 0.6 is 23.1 Å². The average molecular weight is 401 g/mol. The molecule has 0 saturated carbocycles. The molecule has 0 bridgehead atoms. The highest BCUT2D eigenvalue weighted by Gasteiger charge is 2.10. The fourth-order valence-corrected chi connectivity index (χ4v) is 3.90. The molecule has 27 heavy (non-hydrogen) atoms. The number of para-hydroxylation sites is 2. The molecule has 0 spiro atoms. The van der Waals surface area contributed by atoms with Crippen LogP contribution in [0.3, 0.4) is 0 Å². The van der Waals surface area contributed by atoms with Gasteiger partial charge in [-0.25, -0.2) is 0 Å². The minimum absolute atomic E-state index is 0.121. The van der Waals surface area contributed by atoms with Gasteiger partial charge in [-0.1, -0.05) is 54.3 Å². The molecule has 0 aliphatic carbocycles. The molecule has 8 heteroatoms. The number of methoxy groups -OCH3 is 1. The van der Waals surface area contributed by atoms with Gasteiger partial charge in [-0.15, -0.1) is 10.2 Å². The number of carbonyl (C=O) groups excluding carboxylic acids is 1. The first-order valence-electron chi connectivity index (χ1n) is 8.43. The molecule has 1 amide bonds. The van der Waals surface area contributed by atoms with Crippen LogP contribution in [0, 0.1) is 0 Å². The Balaban J connectivity index is 1.52. The first kappa shape index (κ1) is 19.2. The maximum atomic E-state index is 12.2. The fraction of sp³-hybridized carbons (Fsp3) is 0.211. The first-order chi connectivity index (χ1) is 13.2. The van der Waals surface area contributed by atoms with Gasteiger partial charge in [0.2, 0.25) is 11.0 Å². The van der Waals surface area contributed by atoms with E-state index >= 15 is 0 Å². The first-order valence-corrected chi connectivity index (χ1v) is 10.2. The Morgan fingerprint density at radius 1 is 1.15 bits per heavy atom. The van der Waals surface area contributed by atoms with Gasteiger partial charge in [0.05, 0.1) is 18.6 Å². The van der Waals surface area contributed by atoms with Gasteiger partial charge in [0.1, 0.15) is 5.75 Å². The number of benzene rings is 2. The second-order valence-corrected chi connectivity index (χ2v) is 7.79. The molecule has 0 fully saturated rings. The van der Waals surface area contributed by atoms with Gasteiger partial charge in [0, 0.05) is 5.69 Å². The summed E-state index contributed by atoms with van der Waals surface area (Å²) in [4.78, 5) is 12.2. The number of nitrogens with zero attached hydrogens (tertiary/aromatic N) is 2. The summed E-state index contributed by atoms with van der Waals surface area (Å²) in [7, 11) is 1.57. The van der Waals surface area contributed by atoms with Crippen molar-refractivity contribution in [2.75, 3.05) is 23.5 Å². The Morgan fingerprint density at radius 2 is 1.93 bits per heavy atom. The molecule has 0 unspecified atom stereocenters. The highest BCUT2D eigenvalue weighted by atomic mass is 32.2. The predicted octanol–water partition coefficient (Wildman–Crippen LogP) is 4.58. The van der Waals surface area contributed by atoms with Crippen LogP contribution in [0.15, 0.2) is 52.9 Å². The van der Waals surface area contributed by atoms with Crippen LogP contribution in [0.5, 0.6) is 5.75 Å². The molecule has 1 heterocycles. The lowest BCUT2D eigenvalue weighted by molar-refractivity contribution is -0.113. The summed E-state index contributed by atoms with van der Waals surface area (Å²) >= 11 is 2.77. The lowest BCUT2D eigenvalue weighted by Crippen LogP contribution is -2.14. The Hall–Kier alpha value is -2.58. The number of ether oxygens (including phenoxy) is 1. The minimum atomic E-state index is -0.121. The number of thioether (sulfide) groups is 1. The van der Waals surface area contributed by atoms with E-state index in [1.807, 2.05) is 24.3 Å². The van der Waals surface area contributed by atoms with E-state index in [0.717, 1.165) is 16.4 Å². The minimum Gasteiger partial charge on any atom is -0.495 e. The van der Waals surface area contributed by atoms with Crippen molar-refractivity contribution < 1.29 is 9.53 Å². The summed E-state index contributed by atoms with van der Waals surface area (Å²) in [6, 6.07) is 15.5. The largest absolute Gasteiger partial charge is 0.495 e. The third-order valence-electron chi connectivity index (χ3n) is 3.73. The number of aryl methyl sites for hydroxylation is 1. The van der Waals surface area contributed by atoms with Crippen LogP contribution < -0.4 is 15.4 Å². The predicted molar refractivity (Wildman–Crippen MR) is 111 cm³/mol. The molecule has 3 rings (SSSR count). The van der Waals surface area contributed by atoms with Gasteiger partial charge in [-0.05, 0) is 36.2 Å². The van der Waals surface area contributed by atoms with Crippen molar-refractivity contribution in [3.63, 3.8) is 0 Å². The lowest BCUT2D eigenvalue weighted by Gasteiger charge is -2.08. The number of anilines is 3. The summed E-state index contributed by atoms with van der Waals surface area (Å²) in [5.41, 5.74) is 2.91. The maximum absolute atomic E-state index is 12.2. The van der Waals surface area contributed by atoms with Crippen LogP contribution in [0.2, 0.25) is 0 Å². The molecular formula is C19H20N4O2S2. The normalized spacial score (nSPS) is 10.4. The number of hydrogen-bond donors (Lipinski definition) is 2. The summed E-state index contributed by atoms with van der Waals surface area (Å²) in [5.74, 6) is 0.759. The van der Waals surface area contributed by atoms with Crippen molar-refractivity contribution in [2.45, 2.75) is 17.7 Å². The van der Waals surface area contributed by atoms with Crippen molar-refractivity contribution in [2.24, 2.45) is 0 Å². The number of amides is 1. The summed E-state index contributed by atoms with van der Waals surface area (Å²) < 4.78 is 5.97. The summed E-state index contributed by atoms with van der Waals surface area (Å²) in [6.45, 7) is 2.13. The fourth-order valence-electron chi connectivity index (χ4n) is 2.33. The lowest BCUT2D eigenvalue weighted by atomic mass is 10.1. The van der Waals surface area contributed by atoms with Crippen LogP contribution in [-0.4, -0.2) is 29.0 Å². The van der Waals surface area contributed by atoms with Crippen LogP contribution in [0.1, 0.15) is 12.5 Å². The van der Waals surface area contributed by atoms with Crippen LogP contribution in [-0.2, 0) is 11.2 Å². The number of carbonyl (C=O) groups is 1. The highest BCUT2D eigenvalue weighted by molar-refractivity contribution is 8.01. The standard InChI is InChI=1S/C19H20N4O2S2/c1-3-13-8-10-14(11-9-13)20-18-22-23-19(27-18)26-12-17(24)21-15-6-4-5-7-16(15)25-2/h4-11H,3,12H2,1-2H3,(H,20,22)(H,21,24). The van der Waals surface area contributed by atoms with Gasteiger partial charge >= 0.3 is 0 Å². The molecule has 6 nitrogen and oxygen atoms in total. The highest BCUT2D eigenvalue weighted by Crippen LogP contribution is 2.28. The van der Waals surface area contributed by atoms with Crippen molar-refractivity contribution in [1.29, 1.82) is 0 Å². The monoisotopic (exact) mass is 400 g/mol. The van der Waals surface area contributed by atoms with Gasteiger partial charge in [0.25, 0.3) is 0 Å². The Morgan fingerprint density at radius 3 is 2.67 bits per heavy atom. The SMILES string of the molecule is CCc1ccc(Nc2nnc(SCC(=O)Nc3ccccc3OC)s2)cc1. The van der Waals surface area contributed by atoms with E-state index in [0.29, 0.717) is 16.6 Å². The second-order valence-electron chi connectivity index (χ2n) is 5.59. The molecule has 3 aromatic rings. The Bertz CT molecular complexity index is 897. The molecule has 0 atom stereocenters. The van der Waals surface area contributed by atoms with E-state index < -0.39 is 0 Å². The third-order valence-corrected chi connectivity index (χ3v) is 5.70. The molecule has 1 aromatic heterocycles. The zero-order valence-corrected chi connectivity index (χ0v) is 16.7. The van der Waals surface area contributed by atoms with Gasteiger partial charge in [-0.2, -0.15) is 0 Å². The van der Waals surface area contributed by atoms with Crippen molar-refractivity contribution in [1.82, 2.24) is 10.2 Å². The smallest absolute Gasteiger partial charge is 0.234 e. The molecule has 0 aliphatic rings. The third kappa shape index (κ3) is 5.45. The van der Waals surface area contributed by atoms with Crippen molar-refractivity contribution in [3.8, 4) is 5.75 Å². The Labute approximate surface area is 166 Å². The molecule has 2 N–H and O–H groups in total. The number of rotatable bonds is 8. The molecule has 0 saturated heterocycles. The van der Waals surface area contributed by atoms with E-state index in [4.69, 9.17) is 4.74 Å². The van der Waals surface area contributed by atoms with Crippen molar-refractivity contribution >= 4 is 45.5 Å². The molecule has 0 radical (unpaired) electrons. The summed E-state index contributed by atoms with van der Waals surface area (Å²) in [6.07, 6.45) is 1.01. The molecule has 0 aliphatic heterocycles. The average Bonchev–Trinajstić information content (AvgIpc) is 3.15. The molecule has 2 aromatic carbocycles. The van der Waals surface area contributed by atoms with E-state index in [9.17, 15) is 4.79 Å². The number of nitrogens with one attached hydrogen (secondary N) is 2. The molecular weight excluding hydrogens is 380 g/mol. The van der Waals surface area contributed by atoms with Crippen LogP contribution in [0.25, 0.3) is 0 Å². The van der Waals surface area contributed by atoms with Gasteiger partial charge in [-0.3, -0.25) is 4.79 Å². The van der Waals surface area contributed by atoms with E-state index in [1.165, 1.54) is 28.7 Å². The van der Waals surface area contributed by atoms with E-state index in [1.54, 1.807) is 19.2 Å². The molecule has 140 valence electrons. The number of hydrogen-bond acceptors (Lipinski definition) is 7. The quantitative estimate of drug-likeness (QED) is 0.539. The zero-order valence-electron chi connectivity index (χ0n) is 15.1. The van der Waals surface area contributed by atoms with Gasteiger partial charge in [0.15, 0.2) is 4.34 Å². The van der Waals surface area contributed by atoms with E-state index in [-0.39, 0.29) is 11.7 Å². The van der Waals surface area contributed by atoms with Crippen molar-refractivity contribution in [3.05, 3.63) is 54.1 Å². The maximum Gasteiger partial charge on any atom is 0.234 e. The second kappa shape index (κ2) is 9.38. The summed E-state index contributed by atoms with van der Waals surface area (Å²) in [5, 5.41) is 15.0. The number of aromatic nitrogens is 2.